The first-order valence-electron chi connectivity index (χ1n) is 11.3. The van der Waals surface area contributed by atoms with E-state index in [1.165, 1.54) is 6.92 Å². The van der Waals surface area contributed by atoms with Crippen LogP contribution in [0.5, 0.6) is 0 Å². The summed E-state index contributed by atoms with van der Waals surface area (Å²) >= 11 is 0. The van der Waals surface area contributed by atoms with Crippen LogP contribution in [0.15, 0.2) is 72.8 Å². The van der Waals surface area contributed by atoms with Crippen LogP contribution >= 0.6 is 0 Å². The number of hydrogen-bond donors (Lipinski definition) is 2. The van der Waals surface area contributed by atoms with Crippen LogP contribution in [-0.2, 0) is 20.9 Å². The topological polar surface area (TPSA) is 79.2 Å². The molecular weight excluding hydrogens is 418 g/mol. The molecule has 0 unspecified atom stereocenters. The molecule has 1 fully saturated rings. The third-order valence-electron chi connectivity index (χ3n) is 6.36. The van der Waals surface area contributed by atoms with Crippen molar-refractivity contribution in [1.29, 1.82) is 0 Å². The zero-order chi connectivity index (χ0) is 23.4. The highest BCUT2D eigenvalue weighted by Crippen LogP contribution is 2.31. The molecule has 6 nitrogen and oxygen atoms in total. The maximum absolute atomic E-state index is 11.9. The second-order valence-electron chi connectivity index (χ2n) is 8.67. The Morgan fingerprint density at radius 1 is 1.00 bits per heavy atom. The number of nitrogens with zero attached hydrogens (tertiary/aromatic N) is 1. The molecule has 0 aromatic heterocycles. The average molecular weight is 450 g/mol. The molecule has 0 spiro atoms. The number of fused-ring (bicyclic) bond motifs is 1. The summed E-state index contributed by atoms with van der Waals surface area (Å²) in [6.45, 7) is 4.22. The Balaban J connectivity index is 1.61. The third kappa shape index (κ3) is 5.42. The van der Waals surface area contributed by atoms with Crippen molar-refractivity contribution in [3.8, 4) is 0 Å². The molecule has 174 valence electrons. The first-order valence-corrected chi connectivity index (χ1v) is 11.3. The summed E-state index contributed by atoms with van der Waals surface area (Å²) < 4.78 is 11.7. The second-order valence-corrected chi connectivity index (χ2v) is 8.67. The van der Waals surface area contributed by atoms with Crippen molar-refractivity contribution in [1.82, 2.24) is 4.90 Å². The number of aliphatic hydroxyl groups is 2. The molecule has 1 saturated heterocycles. The van der Waals surface area contributed by atoms with Crippen molar-refractivity contribution in [3.63, 3.8) is 0 Å². The van der Waals surface area contributed by atoms with E-state index in [2.05, 4.69) is 36.1 Å². The predicted molar refractivity (Wildman–Crippen MR) is 127 cm³/mol. The van der Waals surface area contributed by atoms with Crippen molar-refractivity contribution in [2.24, 2.45) is 0 Å². The lowest BCUT2D eigenvalue weighted by Crippen LogP contribution is -2.47. The molecule has 1 heterocycles. The number of β-amino-alcohol motifs (C(OH)–C–C–N with tert-alkyl or cyclic N) is 1. The van der Waals surface area contributed by atoms with Gasteiger partial charge in [0.05, 0.1) is 12.7 Å². The van der Waals surface area contributed by atoms with E-state index in [-0.39, 0.29) is 19.2 Å². The van der Waals surface area contributed by atoms with E-state index in [0.29, 0.717) is 6.54 Å². The molecule has 0 radical (unpaired) electrons. The van der Waals surface area contributed by atoms with Gasteiger partial charge in [-0.05, 0) is 28.8 Å². The molecule has 3 aromatic carbocycles. The zero-order valence-corrected chi connectivity index (χ0v) is 19.0. The standard InChI is InChI=1S/C27H31NO5/c1-18(22-14-8-12-21-11-6-7-13-23(21)22)28-15-24(30)26(31)27(25(16-28)33-19(2)29)32-17-20-9-4-3-5-10-20/h3-14,18,24-27,30-31H,15-17H2,1-2H3/t18-,24-,25+,26+,27-/m1/s1. The number of esters is 1. The Kier molecular flexibility index (Phi) is 7.40. The van der Waals surface area contributed by atoms with Gasteiger partial charge in [-0.15, -0.1) is 0 Å². The molecule has 0 aliphatic carbocycles. The summed E-state index contributed by atoms with van der Waals surface area (Å²) in [6.07, 6.45) is -3.82. The molecule has 1 aliphatic rings. The summed E-state index contributed by atoms with van der Waals surface area (Å²) in [4.78, 5) is 14.0. The highest BCUT2D eigenvalue weighted by atomic mass is 16.6. The zero-order valence-electron chi connectivity index (χ0n) is 19.0. The SMILES string of the molecule is CC(=O)O[C@H]1CN([C@H](C)c2cccc3ccccc23)C[C@@H](O)[C@H](O)[C@@H]1OCc1ccccc1. The number of ether oxygens (including phenoxy) is 2. The van der Waals surface area contributed by atoms with Gasteiger partial charge in [0.25, 0.3) is 0 Å². The van der Waals surface area contributed by atoms with E-state index >= 15 is 0 Å². The molecular formula is C27H31NO5. The Bertz CT molecular complexity index is 1070. The van der Waals surface area contributed by atoms with Gasteiger partial charge in [0.1, 0.15) is 18.3 Å². The largest absolute Gasteiger partial charge is 0.458 e. The minimum absolute atomic E-state index is 0.0797. The first kappa shape index (κ1) is 23.4. The van der Waals surface area contributed by atoms with Crippen LogP contribution in [0.2, 0.25) is 0 Å². The summed E-state index contributed by atoms with van der Waals surface area (Å²) in [5.41, 5.74) is 2.05. The van der Waals surface area contributed by atoms with Gasteiger partial charge in [-0.1, -0.05) is 72.8 Å². The highest BCUT2D eigenvalue weighted by molar-refractivity contribution is 5.86. The van der Waals surface area contributed by atoms with Gasteiger partial charge >= 0.3 is 5.97 Å². The minimum Gasteiger partial charge on any atom is -0.458 e. The van der Waals surface area contributed by atoms with Crippen LogP contribution in [0.1, 0.15) is 31.0 Å². The lowest BCUT2D eigenvalue weighted by atomic mass is 9.98. The molecule has 0 saturated carbocycles. The Morgan fingerprint density at radius 3 is 2.45 bits per heavy atom. The van der Waals surface area contributed by atoms with Crippen LogP contribution in [-0.4, -0.2) is 58.6 Å². The van der Waals surface area contributed by atoms with E-state index in [0.717, 1.165) is 21.9 Å². The van der Waals surface area contributed by atoms with Crippen LogP contribution in [0, 0.1) is 0 Å². The van der Waals surface area contributed by atoms with E-state index in [1.54, 1.807) is 0 Å². The maximum Gasteiger partial charge on any atom is 0.303 e. The van der Waals surface area contributed by atoms with Gasteiger partial charge in [-0.25, -0.2) is 0 Å². The summed E-state index contributed by atoms with van der Waals surface area (Å²) in [7, 11) is 0. The van der Waals surface area contributed by atoms with Gasteiger partial charge in [0.15, 0.2) is 0 Å². The summed E-state index contributed by atoms with van der Waals surface area (Å²) in [5.74, 6) is -0.449. The van der Waals surface area contributed by atoms with Crippen LogP contribution in [0.3, 0.4) is 0 Å². The minimum atomic E-state index is -1.19. The van der Waals surface area contributed by atoms with Crippen molar-refractivity contribution < 1.29 is 24.5 Å². The van der Waals surface area contributed by atoms with Gasteiger partial charge in [0, 0.05) is 26.1 Å². The third-order valence-corrected chi connectivity index (χ3v) is 6.36. The van der Waals surface area contributed by atoms with Gasteiger partial charge in [0.2, 0.25) is 0 Å². The number of benzene rings is 3. The van der Waals surface area contributed by atoms with E-state index in [9.17, 15) is 15.0 Å². The van der Waals surface area contributed by atoms with Crippen LogP contribution in [0.4, 0.5) is 0 Å². The molecule has 0 amide bonds. The summed E-state index contributed by atoms with van der Waals surface area (Å²) in [5, 5.41) is 24.0. The normalized spacial score (nSPS) is 24.8. The number of hydrogen-bond acceptors (Lipinski definition) is 6. The molecule has 4 rings (SSSR count). The van der Waals surface area contributed by atoms with E-state index in [4.69, 9.17) is 9.47 Å². The predicted octanol–water partition coefficient (Wildman–Crippen LogP) is 3.46. The molecule has 1 aliphatic heterocycles. The van der Waals surface area contributed by atoms with E-state index in [1.807, 2.05) is 48.5 Å². The Hall–Kier alpha value is -2.77. The molecule has 6 heteroatoms. The fourth-order valence-electron chi connectivity index (χ4n) is 4.61. The number of carbonyl (C=O) groups excluding carboxylic acids is 1. The van der Waals surface area contributed by atoms with Gasteiger partial charge in [-0.2, -0.15) is 0 Å². The second kappa shape index (κ2) is 10.4. The van der Waals surface area contributed by atoms with Crippen molar-refractivity contribution in [2.75, 3.05) is 13.1 Å². The Labute approximate surface area is 194 Å². The first-order chi connectivity index (χ1) is 15.9. The Morgan fingerprint density at radius 2 is 1.70 bits per heavy atom. The monoisotopic (exact) mass is 449 g/mol. The van der Waals surface area contributed by atoms with E-state index < -0.39 is 30.4 Å². The lowest BCUT2D eigenvalue weighted by molar-refractivity contribution is -0.168. The van der Waals surface area contributed by atoms with Crippen molar-refractivity contribution in [3.05, 3.63) is 83.9 Å². The quantitative estimate of drug-likeness (QED) is 0.561. The molecule has 5 atom stereocenters. The molecule has 0 bridgehead atoms. The average Bonchev–Trinajstić information content (AvgIpc) is 2.93. The molecule has 2 N–H and O–H groups in total. The van der Waals surface area contributed by atoms with Crippen molar-refractivity contribution >= 4 is 16.7 Å². The van der Waals surface area contributed by atoms with Crippen LogP contribution < -0.4 is 0 Å². The maximum atomic E-state index is 11.9. The number of carbonyl (C=O) groups is 1. The van der Waals surface area contributed by atoms with Crippen molar-refractivity contribution in [2.45, 2.75) is 50.9 Å². The van der Waals surface area contributed by atoms with Crippen LogP contribution in [0.25, 0.3) is 10.8 Å². The van der Waals surface area contributed by atoms with Gasteiger partial charge < -0.3 is 19.7 Å². The lowest BCUT2D eigenvalue weighted by Gasteiger charge is -2.32. The summed E-state index contributed by atoms with van der Waals surface area (Å²) in [6, 6.07) is 23.8. The molecule has 3 aromatic rings. The number of likely N-dealkylation sites (tertiary alicyclic amines) is 1. The smallest absolute Gasteiger partial charge is 0.303 e. The molecule has 33 heavy (non-hydrogen) atoms. The number of rotatable bonds is 6. The fraction of sp³-hybridized carbons (Fsp3) is 0.370. The number of aliphatic hydroxyl groups excluding tert-OH is 2. The fourth-order valence-corrected chi connectivity index (χ4v) is 4.61. The highest BCUT2D eigenvalue weighted by Gasteiger charge is 2.42. The van der Waals surface area contributed by atoms with Gasteiger partial charge in [-0.3, -0.25) is 9.69 Å².